The van der Waals surface area contributed by atoms with Crippen molar-refractivity contribution < 1.29 is 38.8 Å². The number of imidazole rings is 1. The smallest absolute Gasteiger partial charge is 0.335 e. The van der Waals surface area contributed by atoms with Crippen LogP contribution in [0.5, 0.6) is 0 Å². The molecule has 0 spiro atoms. The van der Waals surface area contributed by atoms with Crippen LogP contribution in [-0.4, -0.2) is 74.8 Å². The maximum Gasteiger partial charge on any atom is 0.335 e. The molecule has 0 bridgehead atoms. The van der Waals surface area contributed by atoms with Gasteiger partial charge in [0.1, 0.15) is 18.1 Å². The van der Waals surface area contributed by atoms with Crippen molar-refractivity contribution in [3.05, 3.63) is 66.2 Å². The molecular weight excluding hydrogens is 608 g/mol. The van der Waals surface area contributed by atoms with Crippen molar-refractivity contribution >= 4 is 70.8 Å². The number of hydrogen-bond acceptors (Lipinski definition) is 9. The van der Waals surface area contributed by atoms with Crippen LogP contribution in [0.15, 0.2) is 60.9 Å². The highest BCUT2D eigenvalue weighted by Gasteiger charge is 2.45. The average molecular weight is 634 g/mol. The standard InChI is InChI=1S/C26H26ClN5O8P2/c27-26-30-23(29-18-6-5-16-9-14-3-1-2-4-15(14)10-17(16)11-18)20-24(31-26)32(12-28-20)25-22(34)21(33)19(40-25)7-8-41(35,36)13-42(37,38)39/h1-6,9-12,19,21-22,25,33-34H,7-8,13H2,(H,35,36)(H,29,30,31)(H2,37,38,39)/t19-,21?,22+,25-/m1/s1. The lowest BCUT2D eigenvalue weighted by atomic mass is 10.0. The normalized spacial score (nSPS) is 22.6. The molecule has 1 fully saturated rings. The molecule has 0 saturated carbocycles. The van der Waals surface area contributed by atoms with E-state index in [-0.39, 0.29) is 17.4 Å². The van der Waals surface area contributed by atoms with Crippen LogP contribution in [-0.2, 0) is 13.9 Å². The zero-order valence-electron chi connectivity index (χ0n) is 21.7. The van der Waals surface area contributed by atoms with Gasteiger partial charge in [-0.25, -0.2) is 4.98 Å². The van der Waals surface area contributed by atoms with Gasteiger partial charge in [-0.15, -0.1) is 0 Å². The average Bonchev–Trinajstić information content (AvgIpc) is 3.45. The number of aromatic nitrogens is 4. The van der Waals surface area contributed by atoms with Crippen LogP contribution in [0.2, 0.25) is 5.28 Å². The summed E-state index contributed by atoms with van der Waals surface area (Å²) in [7, 11) is -8.93. The lowest BCUT2D eigenvalue weighted by Crippen LogP contribution is -2.32. The van der Waals surface area contributed by atoms with Crippen LogP contribution < -0.4 is 5.32 Å². The molecule has 13 nitrogen and oxygen atoms in total. The van der Waals surface area contributed by atoms with Crippen molar-refractivity contribution in [1.82, 2.24) is 19.5 Å². The fourth-order valence-corrected chi connectivity index (χ4v) is 8.89. The molecule has 0 radical (unpaired) electrons. The molecule has 16 heteroatoms. The number of aliphatic hydroxyl groups excluding tert-OH is 2. The largest absolute Gasteiger partial charge is 0.388 e. The summed E-state index contributed by atoms with van der Waals surface area (Å²) in [6.07, 6.45) is -4.59. The van der Waals surface area contributed by atoms with E-state index in [0.29, 0.717) is 11.3 Å². The molecular formula is C26H26ClN5O8P2. The summed E-state index contributed by atoms with van der Waals surface area (Å²) in [6.45, 7) is 0. The highest BCUT2D eigenvalue weighted by atomic mass is 35.5. The number of hydrogen-bond donors (Lipinski definition) is 6. The first kappa shape index (κ1) is 29.1. The highest BCUT2D eigenvalue weighted by molar-refractivity contribution is 7.72. The number of benzene rings is 3. The van der Waals surface area contributed by atoms with Gasteiger partial charge in [-0.1, -0.05) is 30.3 Å². The number of nitrogens with one attached hydrogen (secondary N) is 1. The zero-order chi connectivity index (χ0) is 29.8. The van der Waals surface area contributed by atoms with Gasteiger partial charge in [-0.05, 0) is 63.8 Å². The SMILES string of the molecule is O=P(O)(O)CP(=O)(O)CC[C@H]1O[C@@H](n2cnc3c(Nc4ccc5cc6ccccc6cc5c4)nc(Cl)nc32)[C@@H](O)C1O. The van der Waals surface area contributed by atoms with Gasteiger partial charge < -0.3 is 34.9 Å². The predicted molar refractivity (Wildman–Crippen MR) is 157 cm³/mol. The molecule has 0 aliphatic carbocycles. The van der Waals surface area contributed by atoms with Gasteiger partial charge in [-0.2, -0.15) is 9.97 Å². The monoisotopic (exact) mass is 633 g/mol. The Kier molecular flexibility index (Phi) is 7.59. The second-order valence-electron chi connectivity index (χ2n) is 10.3. The van der Waals surface area contributed by atoms with Crippen LogP contribution in [0.1, 0.15) is 12.6 Å². The van der Waals surface area contributed by atoms with Crippen molar-refractivity contribution in [2.75, 3.05) is 17.4 Å². The Morgan fingerprint density at radius 1 is 0.929 bits per heavy atom. The minimum Gasteiger partial charge on any atom is -0.388 e. The molecule has 2 aromatic heterocycles. The molecule has 3 aromatic carbocycles. The first-order valence-electron chi connectivity index (χ1n) is 12.8. The van der Waals surface area contributed by atoms with E-state index >= 15 is 0 Å². The number of fused-ring (bicyclic) bond motifs is 3. The minimum atomic E-state index is -4.72. The number of rotatable bonds is 8. The topological polar surface area (TPSA) is 200 Å². The molecule has 6 rings (SSSR count). The molecule has 5 aromatic rings. The lowest BCUT2D eigenvalue weighted by molar-refractivity contribution is -0.0354. The molecule has 5 atom stereocenters. The molecule has 1 saturated heterocycles. The summed E-state index contributed by atoms with van der Waals surface area (Å²) < 4.78 is 30.6. The fraction of sp³-hybridized carbons (Fsp3) is 0.269. The molecule has 1 aliphatic rings. The van der Waals surface area contributed by atoms with E-state index < -0.39 is 51.6 Å². The zero-order valence-corrected chi connectivity index (χ0v) is 24.3. The maximum atomic E-state index is 12.2. The van der Waals surface area contributed by atoms with E-state index in [1.807, 2.05) is 36.4 Å². The molecule has 42 heavy (non-hydrogen) atoms. The summed E-state index contributed by atoms with van der Waals surface area (Å²) in [5, 5.41) is 28.8. The van der Waals surface area contributed by atoms with Crippen molar-refractivity contribution in [3.8, 4) is 0 Å². The molecule has 0 amide bonds. The van der Waals surface area contributed by atoms with Gasteiger partial charge >= 0.3 is 7.60 Å². The number of nitrogens with zero attached hydrogens (tertiary/aromatic N) is 4. The summed E-state index contributed by atoms with van der Waals surface area (Å²) >= 11 is 6.25. The molecule has 1 aliphatic heterocycles. The quantitative estimate of drug-likeness (QED) is 0.0818. The van der Waals surface area contributed by atoms with E-state index in [1.165, 1.54) is 10.9 Å². The first-order valence-corrected chi connectivity index (χ1v) is 17.0. The fourth-order valence-electron chi connectivity index (χ4n) is 5.20. The molecule has 6 N–H and O–H groups in total. The second kappa shape index (κ2) is 10.9. The van der Waals surface area contributed by atoms with Crippen LogP contribution in [0, 0.1) is 0 Å². The molecule has 3 heterocycles. The van der Waals surface area contributed by atoms with Gasteiger partial charge in [0.2, 0.25) is 12.7 Å². The summed E-state index contributed by atoms with van der Waals surface area (Å²) in [5.74, 6) is -0.882. The highest BCUT2D eigenvalue weighted by Crippen LogP contribution is 2.55. The Bertz CT molecular complexity index is 1920. The van der Waals surface area contributed by atoms with Crippen LogP contribution >= 0.6 is 26.6 Å². The van der Waals surface area contributed by atoms with Gasteiger partial charge in [0.25, 0.3) is 0 Å². The van der Waals surface area contributed by atoms with E-state index in [2.05, 4.69) is 38.5 Å². The van der Waals surface area contributed by atoms with Gasteiger partial charge in [-0.3, -0.25) is 13.7 Å². The van der Waals surface area contributed by atoms with Crippen LogP contribution in [0.4, 0.5) is 11.5 Å². The summed E-state index contributed by atoms with van der Waals surface area (Å²) in [5.41, 5.74) is 1.24. The minimum absolute atomic E-state index is 0.109. The van der Waals surface area contributed by atoms with Crippen molar-refractivity contribution in [1.29, 1.82) is 0 Å². The van der Waals surface area contributed by atoms with Crippen molar-refractivity contribution in [2.24, 2.45) is 0 Å². The van der Waals surface area contributed by atoms with E-state index in [1.54, 1.807) is 0 Å². The Morgan fingerprint density at radius 3 is 2.33 bits per heavy atom. The number of ether oxygens (including phenoxy) is 1. The third-order valence-corrected chi connectivity index (χ3v) is 11.5. The maximum absolute atomic E-state index is 12.2. The third kappa shape index (κ3) is 5.93. The number of halogens is 1. The van der Waals surface area contributed by atoms with Crippen molar-refractivity contribution in [3.63, 3.8) is 0 Å². The van der Waals surface area contributed by atoms with Gasteiger partial charge in [0, 0.05) is 11.8 Å². The Balaban J connectivity index is 1.26. The Labute approximate surface area is 243 Å². The summed E-state index contributed by atoms with van der Waals surface area (Å²) in [6, 6.07) is 18.1. The second-order valence-corrected chi connectivity index (χ2v) is 15.2. The van der Waals surface area contributed by atoms with E-state index in [9.17, 15) is 24.2 Å². The third-order valence-electron chi connectivity index (χ3n) is 7.14. The van der Waals surface area contributed by atoms with Gasteiger partial charge in [0.15, 0.2) is 23.2 Å². The van der Waals surface area contributed by atoms with Crippen LogP contribution in [0.25, 0.3) is 32.7 Å². The van der Waals surface area contributed by atoms with Crippen molar-refractivity contribution in [2.45, 2.75) is 31.0 Å². The van der Waals surface area contributed by atoms with E-state index in [0.717, 1.165) is 27.2 Å². The van der Waals surface area contributed by atoms with E-state index in [4.69, 9.17) is 26.1 Å². The van der Waals surface area contributed by atoms with Crippen LogP contribution in [0.3, 0.4) is 0 Å². The Morgan fingerprint density at radius 2 is 1.62 bits per heavy atom. The first-order chi connectivity index (χ1) is 19.9. The summed E-state index contributed by atoms with van der Waals surface area (Å²) in [4.78, 5) is 41.0. The van der Waals surface area contributed by atoms with Gasteiger partial charge in [0.05, 0.1) is 12.4 Å². The predicted octanol–water partition coefficient (Wildman–Crippen LogP) is 3.94. The number of aliphatic hydroxyl groups is 2. The number of anilines is 2. The molecule has 2 unspecified atom stereocenters. The molecule has 220 valence electrons. The Hall–Kier alpha value is -2.96. The lowest BCUT2D eigenvalue weighted by Gasteiger charge is -2.18.